The molecule has 248 valence electrons. The summed E-state index contributed by atoms with van der Waals surface area (Å²) in [6.45, 7) is 17.4. The molecule has 8 atom stereocenters. The summed E-state index contributed by atoms with van der Waals surface area (Å²) in [5.41, 5.74) is -3.16. The normalized spacial score (nSPS) is 39.5. The molecule has 0 aromatic rings. The van der Waals surface area contributed by atoms with Gasteiger partial charge in [-0.2, -0.15) is 0 Å². The van der Waals surface area contributed by atoms with Crippen LogP contribution >= 0.6 is 0 Å². The molecule has 4 fully saturated rings. The minimum Gasteiger partial charge on any atom is -0.469 e. The Balaban J connectivity index is 1.62. The van der Waals surface area contributed by atoms with Gasteiger partial charge in [0, 0.05) is 18.3 Å². The minimum atomic E-state index is -1.68. The Hall–Kier alpha value is -2.45. The van der Waals surface area contributed by atoms with Crippen molar-refractivity contribution in [1.82, 2.24) is 0 Å². The van der Waals surface area contributed by atoms with Crippen molar-refractivity contribution in [2.24, 2.45) is 50.2 Å². The maximum Gasteiger partial charge on any atom is 0.323 e. The average Bonchev–Trinajstić information content (AvgIpc) is 2.91. The molecule has 0 amide bonds. The maximum absolute atomic E-state index is 14.6. The van der Waals surface area contributed by atoms with Crippen molar-refractivity contribution in [3.63, 3.8) is 0 Å². The molecule has 0 aromatic carbocycles. The smallest absolute Gasteiger partial charge is 0.323 e. The third-order valence-electron chi connectivity index (χ3n) is 13.0. The van der Waals surface area contributed by atoms with E-state index in [-0.39, 0.29) is 45.9 Å². The van der Waals surface area contributed by atoms with Crippen molar-refractivity contribution in [3.05, 3.63) is 0 Å². The quantitative estimate of drug-likeness (QED) is 0.148. The van der Waals surface area contributed by atoms with E-state index in [9.17, 15) is 24.0 Å². The molecule has 9 heteroatoms. The number of carbonyl (C=O) groups excluding carboxylic acids is 5. The van der Waals surface area contributed by atoms with Gasteiger partial charge >= 0.3 is 23.9 Å². The zero-order valence-corrected chi connectivity index (χ0v) is 28.6. The molecule has 4 saturated carbocycles. The first-order chi connectivity index (χ1) is 20.2. The SMILES string of the molecule is COC(=O)C[C@]1(C(=O)OCOC(=O)C(C)(C)C)CC[C@]2(C)[C@H](CC[C@@H]3[C@@]4(C)CC[C@H](OC(C)=O)C(C)(C)[C@@H]4CC[C@]32C)C1=O. The van der Waals surface area contributed by atoms with E-state index in [1.54, 1.807) is 20.8 Å². The first kappa shape index (κ1) is 34.4. The summed E-state index contributed by atoms with van der Waals surface area (Å²) in [6, 6.07) is 0. The molecule has 4 aliphatic rings. The predicted molar refractivity (Wildman–Crippen MR) is 162 cm³/mol. The summed E-state index contributed by atoms with van der Waals surface area (Å²) >= 11 is 0. The van der Waals surface area contributed by atoms with Crippen LogP contribution in [-0.2, 0) is 42.9 Å². The molecule has 44 heavy (non-hydrogen) atoms. The highest BCUT2D eigenvalue weighted by molar-refractivity contribution is 6.08. The van der Waals surface area contributed by atoms with Crippen LogP contribution in [0.2, 0.25) is 0 Å². The molecular formula is C35H54O9. The summed E-state index contributed by atoms with van der Waals surface area (Å²) in [7, 11) is 1.24. The van der Waals surface area contributed by atoms with Gasteiger partial charge < -0.3 is 18.9 Å². The number of rotatable bonds is 6. The molecule has 0 aromatic heterocycles. The van der Waals surface area contributed by atoms with Crippen molar-refractivity contribution in [1.29, 1.82) is 0 Å². The molecule has 0 aliphatic heterocycles. The Bertz CT molecular complexity index is 1200. The summed E-state index contributed by atoms with van der Waals surface area (Å²) < 4.78 is 21.3. The van der Waals surface area contributed by atoms with E-state index < -0.39 is 47.9 Å². The van der Waals surface area contributed by atoms with Crippen LogP contribution in [-0.4, -0.2) is 49.7 Å². The molecular weight excluding hydrogens is 564 g/mol. The Kier molecular flexibility index (Phi) is 8.93. The number of ketones is 1. The van der Waals surface area contributed by atoms with Crippen LogP contribution in [0.4, 0.5) is 0 Å². The largest absolute Gasteiger partial charge is 0.469 e. The lowest BCUT2D eigenvalue weighted by atomic mass is 9.33. The fourth-order valence-electron chi connectivity index (χ4n) is 10.4. The van der Waals surface area contributed by atoms with Crippen LogP contribution in [0, 0.1) is 50.2 Å². The van der Waals surface area contributed by atoms with Gasteiger partial charge in [0.25, 0.3) is 0 Å². The second kappa shape index (κ2) is 11.4. The second-order valence-electron chi connectivity index (χ2n) is 16.5. The fourth-order valence-corrected chi connectivity index (χ4v) is 10.4. The predicted octanol–water partition coefficient (Wildman–Crippen LogP) is 6.20. The van der Waals surface area contributed by atoms with Gasteiger partial charge in [-0.1, -0.05) is 34.6 Å². The van der Waals surface area contributed by atoms with Crippen molar-refractivity contribution >= 4 is 29.7 Å². The number of ether oxygens (including phenoxy) is 4. The molecule has 9 nitrogen and oxygen atoms in total. The summed E-state index contributed by atoms with van der Waals surface area (Å²) in [5.74, 6) is -2.19. The van der Waals surface area contributed by atoms with Gasteiger partial charge in [-0.3, -0.25) is 24.0 Å². The first-order valence-electron chi connectivity index (χ1n) is 16.3. The molecule has 0 bridgehead atoms. The molecule has 4 aliphatic carbocycles. The fraction of sp³-hybridized carbons (Fsp3) is 0.857. The van der Waals surface area contributed by atoms with E-state index in [1.165, 1.54) is 14.0 Å². The first-order valence-corrected chi connectivity index (χ1v) is 16.3. The standard InChI is InChI=1S/C35H54O9/c1-21(36)44-25-14-15-32(7)23(31(25,5)6)13-16-34(9)24(32)12-11-22-27(38)35(19-26(37)41-10,18-17-33(22,34)8)29(40)43-20-42-28(39)30(2,3)4/h22-25H,11-20H2,1-10H3/t22-,23+,24-,25+,32+,33-,34-,35-/m1/s1. The topological polar surface area (TPSA) is 122 Å². The molecule has 0 saturated heterocycles. The molecule has 0 unspecified atom stereocenters. The zero-order valence-electron chi connectivity index (χ0n) is 28.6. The lowest BCUT2D eigenvalue weighted by Gasteiger charge is -2.71. The molecule has 0 heterocycles. The third kappa shape index (κ3) is 5.28. The van der Waals surface area contributed by atoms with Crippen LogP contribution in [0.5, 0.6) is 0 Å². The number of Topliss-reactive ketones (excluding diaryl/α,β-unsaturated/α-hetero) is 1. The molecule has 0 spiro atoms. The Morgan fingerprint density at radius 2 is 1.48 bits per heavy atom. The Labute approximate surface area is 262 Å². The van der Waals surface area contributed by atoms with Crippen LogP contribution < -0.4 is 0 Å². The van der Waals surface area contributed by atoms with Gasteiger partial charge in [-0.25, -0.2) is 0 Å². The number of carbonyl (C=O) groups is 5. The van der Waals surface area contributed by atoms with Gasteiger partial charge in [-0.05, 0) is 100 Å². The number of fused-ring (bicyclic) bond motifs is 5. The molecule has 4 rings (SSSR count). The highest BCUT2D eigenvalue weighted by atomic mass is 16.7. The van der Waals surface area contributed by atoms with Crippen molar-refractivity contribution in [2.75, 3.05) is 13.9 Å². The van der Waals surface area contributed by atoms with Gasteiger partial charge in [0.2, 0.25) is 6.79 Å². The summed E-state index contributed by atoms with van der Waals surface area (Å²) in [6.07, 6.45) is 5.40. The number of methoxy groups -OCH3 is 1. The van der Waals surface area contributed by atoms with Crippen LogP contribution in [0.25, 0.3) is 0 Å². The lowest BCUT2D eigenvalue weighted by molar-refractivity contribution is -0.237. The number of esters is 4. The van der Waals surface area contributed by atoms with Crippen LogP contribution in [0.15, 0.2) is 0 Å². The van der Waals surface area contributed by atoms with Crippen molar-refractivity contribution < 1.29 is 42.9 Å². The molecule has 0 radical (unpaired) electrons. The monoisotopic (exact) mass is 618 g/mol. The minimum absolute atomic E-state index is 0.0145. The van der Waals surface area contributed by atoms with E-state index in [0.29, 0.717) is 24.7 Å². The van der Waals surface area contributed by atoms with E-state index in [0.717, 1.165) is 32.1 Å². The van der Waals surface area contributed by atoms with Crippen molar-refractivity contribution in [2.45, 2.75) is 126 Å². The van der Waals surface area contributed by atoms with Gasteiger partial charge in [-0.15, -0.1) is 0 Å². The number of hydrogen-bond donors (Lipinski definition) is 0. The third-order valence-corrected chi connectivity index (χ3v) is 13.0. The highest BCUT2D eigenvalue weighted by Gasteiger charge is 2.71. The number of hydrogen-bond acceptors (Lipinski definition) is 9. The maximum atomic E-state index is 14.6. The lowest BCUT2D eigenvalue weighted by Crippen LogP contribution is -2.67. The average molecular weight is 619 g/mol. The summed E-state index contributed by atoms with van der Waals surface area (Å²) in [5, 5.41) is 0. The highest BCUT2D eigenvalue weighted by Crippen LogP contribution is 2.74. The van der Waals surface area contributed by atoms with E-state index in [4.69, 9.17) is 18.9 Å². The van der Waals surface area contributed by atoms with Crippen molar-refractivity contribution in [3.8, 4) is 0 Å². The van der Waals surface area contributed by atoms with E-state index in [1.807, 2.05) is 0 Å². The zero-order chi connectivity index (χ0) is 33.1. The van der Waals surface area contributed by atoms with E-state index >= 15 is 0 Å². The van der Waals surface area contributed by atoms with Crippen LogP contribution in [0.1, 0.15) is 120 Å². The molecule has 0 N–H and O–H groups in total. The van der Waals surface area contributed by atoms with Crippen LogP contribution in [0.3, 0.4) is 0 Å². The second-order valence-corrected chi connectivity index (χ2v) is 16.5. The van der Waals surface area contributed by atoms with Gasteiger partial charge in [0.05, 0.1) is 18.9 Å². The Morgan fingerprint density at radius 3 is 2.07 bits per heavy atom. The van der Waals surface area contributed by atoms with Gasteiger partial charge in [0.15, 0.2) is 5.78 Å². The summed E-state index contributed by atoms with van der Waals surface area (Å²) in [4.78, 5) is 65.1. The van der Waals surface area contributed by atoms with Gasteiger partial charge in [0.1, 0.15) is 11.5 Å². The Morgan fingerprint density at radius 1 is 0.818 bits per heavy atom. The van der Waals surface area contributed by atoms with E-state index in [2.05, 4.69) is 34.6 Å².